The van der Waals surface area contributed by atoms with E-state index in [4.69, 9.17) is 20.8 Å². The summed E-state index contributed by atoms with van der Waals surface area (Å²) in [6, 6.07) is 4.90. The summed E-state index contributed by atoms with van der Waals surface area (Å²) in [4.78, 5) is 16.2. The van der Waals surface area contributed by atoms with E-state index in [1.165, 1.54) is 12.3 Å². The largest absolute Gasteiger partial charge is 0.477 e. The number of ether oxygens (including phenoxy) is 1. The molecule has 2 heterocycles. The van der Waals surface area contributed by atoms with E-state index in [9.17, 15) is 9.90 Å². The number of halogens is 1. The Morgan fingerprint density at radius 3 is 2.83 bits per heavy atom. The van der Waals surface area contributed by atoms with Crippen molar-refractivity contribution in [1.82, 2.24) is 10.3 Å². The molecular formula is C16H19ClN2O4. The molecule has 1 amide bonds. The van der Waals surface area contributed by atoms with Crippen molar-refractivity contribution >= 4 is 17.5 Å². The molecule has 0 aromatic carbocycles. The molecule has 1 unspecified atom stereocenters. The predicted octanol–water partition coefficient (Wildman–Crippen LogP) is 2.67. The van der Waals surface area contributed by atoms with Gasteiger partial charge in [-0.05, 0) is 39.0 Å². The zero-order chi connectivity index (χ0) is 17.0. The third-order valence-corrected chi connectivity index (χ3v) is 3.49. The second-order valence-corrected chi connectivity index (χ2v) is 5.72. The van der Waals surface area contributed by atoms with E-state index < -0.39 is 11.5 Å². The molecule has 1 atom stereocenters. The van der Waals surface area contributed by atoms with Crippen molar-refractivity contribution in [3.8, 4) is 5.88 Å². The number of pyridine rings is 1. The van der Waals surface area contributed by atoms with Gasteiger partial charge in [-0.25, -0.2) is 4.98 Å². The minimum atomic E-state index is -1.31. The van der Waals surface area contributed by atoms with Crippen molar-refractivity contribution in [3.63, 3.8) is 0 Å². The zero-order valence-corrected chi connectivity index (χ0v) is 14.0. The van der Waals surface area contributed by atoms with Crippen LogP contribution in [0.2, 0.25) is 5.02 Å². The van der Waals surface area contributed by atoms with E-state index >= 15 is 0 Å². The van der Waals surface area contributed by atoms with E-state index in [1.807, 2.05) is 6.92 Å². The molecule has 2 aromatic heterocycles. The molecule has 0 saturated heterocycles. The number of nitrogens with zero attached hydrogens (tertiary/aromatic N) is 1. The highest BCUT2D eigenvalue weighted by Gasteiger charge is 2.27. The molecule has 2 aromatic rings. The maximum atomic E-state index is 12.2. The van der Waals surface area contributed by atoms with Gasteiger partial charge in [0.15, 0.2) is 0 Å². The van der Waals surface area contributed by atoms with Crippen molar-refractivity contribution in [2.24, 2.45) is 0 Å². The standard InChI is InChI=1S/C16H19ClN2O4/c1-4-22-15-12(17)7-11(8-18-15)14(20)19-9-16(3,21)13-6-5-10(2)23-13/h5-8,21H,4,9H2,1-3H3,(H,19,20). The number of aromatic nitrogens is 1. The van der Waals surface area contributed by atoms with Gasteiger partial charge in [-0.1, -0.05) is 11.6 Å². The van der Waals surface area contributed by atoms with Crippen LogP contribution in [0.4, 0.5) is 0 Å². The number of aliphatic hydroxyl groups is 1. The highest BCUT2D eigenvalue weighted by molar-refractivity contribution is 6.32. The quantitative estimate of drug-likeness (QED) is 0.846. The molecule has 0 saturated carbocycles. The van der Waals surface area contributed by atoms with Crippen molar-refractivity contribution in [1.29, 1.82) is 0 Å². The monoisotopic (exact) mass is 338 g/mol. The first-order valence-electron chi connectivity index (χ1n) is 7.19. The van der Waals surface area contributed by atoms with Crippen LogP contribution in [0.5, 0.6) is 5.88 Å². The second kappa shape index (κ2) is 7.02. The fraction of sp³-hybridized carbons (Fsp3) is 0.375. The molecule has 7 heteroatoms. The fourth-order valence-corrected chi connectivity index (χ4v) is 2.18. The molecule has 2 N–H and O–H groups in total. The van der Waals surface area contributed by atoms with Gasteiger partial charge < -0.3 is 19.6 Å². The summed E-state index contributed by atoms with van der Waals surface area (Å²) in [5, 5.41) is 13.3. The molecule has 0 bridgehead atoms. The molecular weight excluding hydrogens is 320 g/mol. The second-order valence-electron chi connectivity index (χ2n) is 5.31. The van der Waals surface area contributed by atoms with E-state index in [1.54, 1.807) is 26.0 Å². The molecule has 0 aliphatic rings. The Kier molecular flexibility index (Phi) is 5.28. The summed E-state index contributed by atoms with van der Waals surface area (Å²) >= 11 is 6.01. The first-order valence-corrected chi connectivity index (χ1v) is 7.57. The maximum Gasteiger partial charge on any atom is 0.253 e. The normalized spacial score (nSPS) is 13.4. The van der Waals surface area contributed by atoms with Gasteiger partial charge in [0.2, 0.25) is 5.88 Å². The first-order chi connectivity index (χ1) is 10.8. The lowest BCUT2D eigenvalue weighted by molar-refractivity contribution is 0.0323. The summed E-state index contributed by atoms with van der Waals surface area (Å²) < 4.78 is 10.6. The van der Waals surface area contributed by atoms with E-state index in [0.29, 0.717) is 18.1 Å². The van der Waals surface area contributed by atoms with Gasteiger partial charge in [-0.15, -0.1) is 0 Å². The molecule has 23 heavy (non-hydrogen) atoms. The molecule has 0 aliphatic carbocycles. The van der Waals surface area contributed by atoms with E-state index in [-0.39, 0.29) is 23.0 Å². The van der Waals surface area contributed by atoms with Crippen LogP contribution in [0.1, 0.15) is 35.7 Å². The lowest BCUT2D eigenvalue weighted by atomic mass is 10.0. The number of hydrogen-bond acceptors (Lipinski definition) is 5. The van der Waals surface area contributed by atoms with Crippen molar-refractivity contribution in [3.05, 3.63) is 46.5 Å². The zero-order valence-electron chi connectivity index (χ0n) is 13.2. The molecule has 0 aliphatic heterocycles. The average Bonchev–Trinajstić information content (AvgIpc) is 2.94. The van der Waals surface area contributed by atoms with Gasteiger partial charge in [0, 0.05) is 6.20 Å². The number of furan rings is 1. The number of rotatable bonds is 6. The molecule has 0 spiro atoms. The fourth-order valence-electron chi connectivity index (χ4n) is 1.96. The predicted molar refractivity (Wildman–Crippen MR) is 85.8 cm³/mol. The first kappa shape index (κ1) is 17.3. The van der Waals surface area contributed by atoms with Crippen LogP contribution < -0.4 is 10.1 Å². The van der Waals surface area contributed by atoms with Gasteiger partial charge in [0.05, 0.1) is 18.7 Å². The summed E-state index contributed by atoms with van der Waals surface area (Å²) in [6.45, 7) is 5.59. The Labute approximate surface area is 139 Å². The van der Waals surface area contributed by atoms with Gasteiger partial charge >= 0.3 is 0 Å². The van der Waals surface area contributed by atoms with Crippen molar-refractivity contribution in [2.45, 2.75) is 26.4 Å². The Morgan fingerprint density at radius 1 is 1.52 bits per heavy atom. The van der Waals surface area contributed by atoms with Gasteiger partial charge in [-0.3, -0.25) is 4.79 Å². The van der Waals surface area contributed by atoms with Crippen LogP contribution in [0.15, 0.2) is 28.8 Å². The highest BCUT2D eigenvalue weighted by Crippen LogP contribution is 2.24. The number of hydrogen-bond donors (Lipinski definition) is 2. The van der Waals surface area contributed by atoms with Crippen LogP contribution >= 0.6 is 11.6 Å². The van der Waals surface area contributed by atoms with E-state index in [0.717, 1.165) is 0 Å². The van der Waals surface area contributed by atoms with Gasteiger partial charge in [0.1, 0.15) is 22.1 Å². The number of amides is 1. The Morgan fingerprint density at radius 2 is 2.26 bits per heavy atom. The van der Waals surface area contributed by atoms with Crippen LogP contribution in [0.3, 0.4) is 0 Å². The number of carbonyl (C=O) groups excluding carboxylic acids is 1. The van der Waals surface area contributed by atoms with Crippen LogP contribution in [0.25, 0.3) is 0 Å². The third kappa shape index (κ3) is 4.24. The smallest absolute Gasteiger partial charge is 0.253 e. The molecule has 0 fully saturated rings. The van der Waals surface area contributed by atoms with Crippen molar-refractivity contribution in [2.75, 3.05) is 13.2 Å². The number of aryl methyl sites for hydroxylation is 1. The topological polar surface area (TPSA) is 84.6 Å². The summed E-state index contributed by atoms with van der Waals surface area (Å²) in [6.07, 6.45) is 1.37. The summed E-state index contributed by atoms with van der Waals surface area (Å²) in [5.41, 5.74) is -1.03. The average molecular weight is 339 g/mol. The maximum absolute atomic E-state index is 12.2. The van der Waals surface area contributed by atoms with Gasteiger partial charge in [0.25, 0.3) is 5.91 Å². The minimum Gasteiger partial charge on any atom is -0.477 e. The Bertz CT molecular complexity index is 697. The molecule has 0 radical (unpaired) electrons. The molecule has 2 rings (SSSR count). The Balaban J connectivity index is 2.03. The third-order valence-electron chi connectivity index (χ3n) is 3.22. The van der Waals surface area contributed by atoms with Gasteiger partial charge in [-0.2, -0.15) is 0 Å². The lowest BCUT2D eigenvalue weighted by Crippen LogP contribution is -2.38. The van der Waals surface area contributed by atoms with Crippen molar-refractivity contribution < 1.29 is 19.1 Å². The SMILES string of the molecule is CCOc1ncc(C(=O)NCC(C)(O)c2ccc(C)o2)cc1Cl. The highest BCUT2D eigenvalue weighted by atomic mass is 35.5. The number of carbonyl (C=O) groups is 1. The van der Waals surface area contributed by atoms with Crippen LogP contribution in [-0.4, -0.2) is 29.1 Å². The minimum absolute atomic E-state index is 0.0103. The molecule has 6 nitrogen and oxygen atoms in total. The van der Waals surface area contributed by atoms with Crippen LogP contribution in [0, 0.1) is 6.92 Å². The van der Waals surface area contributed by atoms with E-state index in [2.05, 4.69) is 10.3 Å². The van der Waals surface area contributed by atoms with Crippen LogP contribution in [-0.2, 0) is 5.60 Å². The summed E-state index contributed by atoms with van der Waals surface area (Å²) in [7, 11) is 0. The number of nitrogens with one attached hydrogen (secondary N) is 1. The Hall–Kier alpha value is -2.05. The molecule has 124 valence electrons. The lowest BCUT2D eigenvalue weighted by Gasteiger charge is -2.21. The summed E-state index contributed by atoms with van der Waals surface area (Å²) in [5.74, 6) is 0.960.